The molecule has 27 heavy (non-hydrogen) atoms. The molecule has 0 spiro atoms. The molecule has 0 radical (unpaired) electrons. The first-order valence-electron chi connectivity index (χ1n) is 8.88. The number of fused-ring (bicyclic) bond motifs is 2. The topological polar surface area (TPSA) is 77.1 Å². The largest absolute Gasteiger partial charge is 0.478 e. The molecule has 2 aromatic rings. The number of benzene rings is 2. The van der Waals surface area contributed by atoms with Gasteiger partial charge in [-0.05, 0) is 36.2 Å². The van der Waals surface area contributed by atoms with E-state index in [0.717, 1.165) is 5.56 Å². The minimum absolute atomic E-state index is 0.0553. The van der Waals surface area contributed by atoms with Gasteiger partial charge in [-0.2, -0.15) is 0 Å². The number of amides is 2. The van der Waals surface area contributed by atoms with Crippen molar-refractivity contribution >= 4 is 17.5 Å². The number of carbonyl (C=O) groups is 2. The van der Waals surface area contributed by atoms with Crippen molar-refractivity contribution in [3.63, 3.8) is 0 Å². The third-order valence-corrected chi connectivity index (χ3v) is 4.57. The Kier molecular flexibility index (Phi) is 4.58. The lowest BCUT2D eigenvalue weighted by Crippen LogP contribution is -2.49. The van der Waals surface area contributed by atoms with Gasteiger partial charge in [-0.15, -0.1) is 0 Å². The predicted molar refractivity (Wildman–Crippen MR) is 97.9 cm³/mol. The number of nitrogens with zero attached hydrogens (tertiary/aromatic N) is 1. The molecule has 2 aliphatic heterocycles. The number of hydrogen-bond acceptors (Lipinski definition) is 5. The number of rotatable bonds is 5. The Balaban J connectivity index is 1.43. The number of nitrogens with one attached hydrogen (secondary N) is 1. The van der Waals surface area contributed by atoms with Crippen LogP contribution in [0.5, 0.6) is 17.2 Å². The van der Waals surface area contributed by atoms with Crippen LogP contribution in [-0.2, 0) is 16.1 Å². The van der Waals surface area contributed by atoms with Crippen LogP contribution in [0.25, 0.3) is 0 Å². The lowest BCUT2D eigenvalue weighted by atomic mass is 10.1. The van der Waals surface area contributed by atoms with E-state index in [2.05, 4.69) is 5.32 Å². The van der Waals surface area contributed by atoms with Gasteiger partial charge >= 0.3 is 0 Å². The summed E-state index contributed by atoms with van der Waals surface area (Å²) in [5, 5.41) is 2.85. The van der Waals surface area contributed by atoms with E-state index in [9.17, 15) is 9.59 Å². The van der Waals surface area contributed by atoms with Gasteiger partial charge in [-0.25, -0.2) is 0 Å². The smallest absolute Gasteiger partial charge is 0.268 e. The molecule has 1 atom stereocenters. The Morgan fingerprint density at radius 1 is 1.15 bits per heavy atom. The molecule has 4 rings (SSSR count). The van der Waals surface area contributed by atoms with Crippen molar-refractivity contribution in [1.82, 2.24) is 5.32 Å². The predicted octanol–water partition coefficient (Wildman–Crippen LogP) is 2.24. The molecule has 140 valence electrons. The molecule has 0 fully saturated rings. The van der Waals surface area contributed by atoms with Crippen LogP contribution < -0.4 is 24.4 Å². The van der Waals surface area contributed by atoms with Gasteiger partial charge in [0, 0.05) is 6.54 Å². The number of carbonyl (C=O) groups excluding carboxylic acids is 2. The summed E-state index contributed by atoms with van der Waals surface area (Å²) >= 11 is 0. The van der Waals surface area contributed by atoms with E-state index in [0.29, 0.717) is 35.9 Å². The second-order valence-electron chi connectivity index (χ2n) is 6.37. The molecular formula is C20H20N2O5. The Bertz CT molecular complexity index is 882. The summed E-state index contributed by atoms with van der Waals surface area (Å²) in [6, 6.07) is 12.8. The number of hydrogen-bond donors (Lipinski definition) is 1. The van der Waals surface area contributed by atoms with Crippen LogP contribution in [0.1, 0.15) is 18.9 Å². The molecule has 2 amide bonds. The van der Waals surface area contributed by atoms with Crippen molar-refractivity contribution in [2.75, 3.05) is 18.2 Å². The van der Waals surface area contributed by atoms with Gasteiger partial charge < -0.3 is 19.5 Å². The van der Waals surface area contributed by atoms with Crippen molar-refractivity contribution in [3.05, 3.63) is 48.0 Å². The van der Waals surface area contributed by atoms with Crippen LogP contribution in [0, 0.1) is 0 Å². The van der Waals surface area contributed by atoms with E-state index in [1.807, 2.05) is 43.3 Å². The molecular weight excluding hydrogens is 348 g/mol. The molecule has 1 N–H and O–H groups in total. The Hall–Kier alpha value is -3.22. The maximum absolute atomic E-state index is 12.6. The second-order valence-corrected chi connectivity index (χ2v) is 6.37. The Morgan fingerprint density at radius 3 is 2.81 bits per heavy atom. The molecule has 7 heteroatoms. The minimum Gasteiger partial charge on any atom is -0.478 e. The quantitative estimate of drug-likeness (QED) is 0.876. The zero-order chi connectivity index (χ0) is 18.8. The molecule has 0 aliphatic carbocycles. The van der Waals surface area contributed by atoms with Crippen LogP contribution in [0.4, 0.5) is 5.69 Å². The molecule has 2 heterocycles. The summed E-state index contributed by atoms with van der Waals surface area (Å²) in [6.07, 6.45) is -0.0239. The fourth-order valence-electron chi connectivity index (χ4n) is 3.15. The standard InChI is InChI=1S/C20H20N2O5/c1-2-15-20(24)22(14-5-3-4-6-16(14)27-15)11-19(23)21-10-13-7-8-17-18(9-13)26-12-25-17/h3-9,15H,2,10-12H2,1H3,(H,21,23)/t15-/m1/s1. The number of ether oxygens (including phenoxy) is 3. The Morgan fingerprint density at radius 2 is 1.96 bits per heavy atom. The molecule has 0 saturated heterocycles. The maximum atomic E-state index is 12.6. The lowest BCUT2D eigenvalue weighted by Gasteiger charge is -2.33. The number of anilines is 1. The first-order chi connectivity index (χ1) is 13.2. The van der Waals surface area contributed by atoms with E-state index in [4.69, 9.17) is 14.2 Å². The third kappa shape index (κ3) is 3.40. The summed E-state index contributed by atoms with van der Waals surface area (Å²) in [5.74, 6) is 1.55. The summed E-state index contributed by atoms with van der Waals surface area (Å²) in [6.45, 7) is 2.38. The minimum atomic E-state index is -0.568. The fraction of sp³-hybridized carbons (Fsp3) is 0.300. The van der Waals surface area contributed by atoms with E-state index < -0.39 is 6.10 Å². The maximum Gasteiger partial charge on any atom is 0.268 e. The van der Waals surface area contributed by atoms with Crippen LogP contribution in [-0.4, -0.2) is 31.3 Å². The highest BCUT2D eigenvalue weighted by atomic mass is 16.7. The van der Waals surface area contributed by atoms with E-state index in [1.165, 1.54) is 4.90 Å². The van der Waals surface area contributed by atoms with Gasteiger partial charge in [0.15, 0.2) is 17.6 Å². The van der Waals surface area contributed by atoms with Crippen molar-refractivity contribution < 1.29 is 23.8 Å². The summed E-state index contributed by atoms with van der Waals surface area (Å²) in [5.41, 5.74) is 1.51. The van der Waals surface area contributed by atoms with Crippen molar-refractivity contribution in [2.24, 2.45) is 0 Å². The van der Waals surface area contributed by atoms with Crippen LogP contribution in [0.3, 0.4) is 0 Å². The molecule has 0 unspecified atom stereocenters. The molecule has 0 bridgehead atoms. The monoisotopic (exact) mass is 368 g/mol. The molecule has 7 nitrogen and oxygen atoms in total. The van der Waals surface area contributed by atoms with Gasteiger partial charge in [0.25, 0.3) is 5.91 Å². The first-order valence-corrected chi connectivity index (χ1v) is 8.88. The van der Waals surface area contributed by atoms with E-state index >= 15 is 0 Å². The van der Waals surface area contributed by atoms with Gasteiger partial charge in [-0.1, -0.05) is 25.1 Å². The van der Waals surface area contributed by atoms with Gasteiger partial charge in [0.05, 0.1) is 5.69 Å². The summed E-state index contributed by atoms with van der Waals surface area (Å²) < 4.78 is 16.4. The van der Waals surface area contributed by atoms with Gasteiger partial charge in [-0.3, -0.25) is 14.5 Å². The van der Waals surface area contributed by atoms with Gasteiger partial charge in [0.2, 0.25) is 12.7 Å². The van der Waals surface area contributed by atoms with Crippen molar-refractivity contribution in [3.8, 4) is 17.2 Å². The highest BCUT2D eigenvalue weighted by Crippen LogP contribution is 2.34. The zero-order valence-corrected chi connectivity index (χ0v) is 14.9. The first kappa shape index (κ1) is 17.2. The van der Waals surface area contributed by atoms with Crippen molar-refractivity contribution in [2.45, 2.75) is 26.0 Å². The molecule has 2 aromatic carbocycles. The third-order valence-electron chi connectivity index (χ3n) is 4.57. The van der Waals surface area contributed by atoms with Crippen LogP contribution in [0.15, 0.2) is 42.5 Å². The molecule has 0 saturated carbocycles. The highest BCUT2D eigenvalue weighted by molar-refractivity contribution is 6.03. The highest BCUT2D eigenvalue weighted by Gasteiger charge is 2.34. The second kappa shape index (κ2) is 7.19. The number of para-hydroxylation sites is 2. The van der Waals surface area contributed by atoms with Crippen molar-refractivity contribution in [1.29, 1.82) is 0 Å². The average Bonchev–Trinajstić information content (AvgIpc) is 3.16. The van der Waals surface area contributed by atoms with E-state index in [1.54, 1.807) is 6.07 Å². The molecule has 0 aromatic heterocycles. The van der Waals surface area contributed by atoms with E-state index in [-0.39, 0.29) is 25.2 Å². The average molecular weight is 368 g/mol. The summed E-state index contributed by atoms with van der Waals surface area (Å²) in [4.78, 5) is 26.6. The SMILES string of the molecule is CC[C@H]1Oc2ccccc2N(CC(=O)NCc2ccc3c(c2)OCO3)C1=O. The normalized spacial score (nSPS) is 17.3. The van der Waals surface area contributed by atoms with Crippen LogP contribution in [0.2, 0.25) is 0 Å². The summed E-state index contributed by atoms with van der Waals surface area (Å²) in [7, 11) is 0. The lowest BCUT2D eigenvalue weighted by molar-refractivity contribution is -0.129. The van der Waals surface area contributed by atoms with Gasteiger partial charge in [0.1, 0.15) is 12.3 Å². The zero-order valence-electron chi connectivity index (χ0n) is 14.9. The van der Waals surface area contributed by atoms with Crippen LogP contribution >= 0.6 is 0 Å². The fourth-order valence-corrected chi connectivity index (χ4v) is 3.15. The molecule has 2 aliphatic rings. The Labute approximate surface area is 156 Å².